The highest BCUT2D eigenvalue weighted by Gasteiger charge is 2.12. The molecule has 0 bridgehead atoms. The predicted molar refractivity (Wildman–Crippen MR) is 75.7 cm³/mol. The predicted octanol–water partition coefficient (Wildman–Crippen LogP) is 2.91. The highest BCUT2D eigenvalue weighted by Crippen LogP contribution is 2.16. The first-order valence-corrected chi connectivity index (χ1v) is 6.36. The van der Waals surface area contributed by atoms with Crippen LogP contribution in [0.25, 0.3) is 0 Å². The van der Waals surface area contributed by atoms with E-state index in [1.165, 1.54) is 35.0 Å². The van der Waals surface area contributed by atoms with Gasteiger partial charge in [-0.15, -0.1) is 0 Å². The normalized spacial score (nSPS) is 10.3. The molecule has 20 heavy (non-hydrogen) atoms. The molecule has 0 saturated heterocycles. The first-order valence-electron chi connectivity index (χ1n) is 5.98. The van der Waals surface area contributed by atoms with E-state index in [4.69, 9.17) is 11.6 Å². The van der Waals surface area contributed by atoms with Gasteiger partial charge in [0.1, 0.15) is 5.82 Å². The minimum atomic E-state index is -0.696. The number of amides is 1. The summed E-state index contributed by atoms with van der Waals surface area (Å²) in [6.07, 6.45) is 1.51. The van der Waals surface area contributed by atoms with Crippen molar-refractivity contribution in [3.05, 3.63) is 63.3 Å². The van der Waals surface area contributed by atoms with E-state index in [2.05, 4.69) is 5.32 Å². The van der Waals surface area contributed by atoms with Crippen LogP contribution in [-0.2, 0) is 6.54 Å². The molecule has 104 valence electrons. The van der Waals surface area contributed by atoms with Crippen LogP contribution in [0.5, 0.6) is 0 Å². The number of carbonyl (C=O) groups is 1. The van der Waals surface area contributed by atoms with E-state index < -0.39 is 11.7 Å². The Morgan fingerprint density at radius 1 is 1.35 bits per heavy atom. The molecule has 2 rings (SSSR count). The van der Waals surface area contributed by atoms with Crippen LogP contribution in [0.1, 0.15) is 17.3 Å². The van der Waals surface area contributed by atoms with Crippen LogP contribution in [0.4, 0.5) is 10.1 Å². The SMILES string of the molecule is CCn1cc(NC(=O)c2ccc(Cl)cc2F)ccc1=O. The van der Waals surface area contributed by atoms with E-state index in [0.717, 1.165) is 6.07 Å². The zero-order valence-corrected chi connectivity index (χ0v) is 11.4. The number of hydrogen-bond donors (Lipinski definition) is 1. The van der Waals surface area contributed by atoms with Crippen LogP contribution in [-0.4, -0.2) is 10.5 Å². The quantitative estimate of drug-likeness (QED) is 0.946. The average Bonchev–Trinajstić information content (AvgIpc) is 2.40. The zero-order chi connectivity index (χ0) is 14.7. The van der Waals surface area contributed by atoms with Crippen molar-refractivity contribution in [2.75, 3.05) is 5.32 Å². The Hall–Kier alpha value is -2.14. The lowest BCUT2D eigenvalue weighted by Crippen LogP contribution is -2.20. The fourth-order valence-corrected chi connectivity index (χ4v) is 1.88. The van der Waals surface area contributed by atoms with E-state index in [1.807, 2.05) is 6.92 Å². The van der Waals surface area contributed by atoms with Crippen LogP contribution in [0, 0.1) is 5.82 Å². The lowest BCUT2D eigenvalue weighted by molar-refractivity contribution is 0.102. The van der Waals surface area contributed by atoms with Crippen LogP contribution in [0.15, 0.2) is 41.3 Å². The molecule has 0 aliphatic rings. The number of hydrogen-bond acceptors (Lipinski definition) is 2. The Labute approximate surface area is 119 Å². The summed E-state index contributed by atoms with van der Waals surface area (Å²) in [4.78, 5) is 23.4. The van der Waals surface area contributed by atoms with Crippen LogP contribution >= 0.6 is 11.6 Å². The van der Waals surface area contributed by atoms with Crippen molar-refractivity contribution in [2.45, 2.75) is 13.5 Å². The Balaban J connectivity index is 2.25. The third-order valence-corrected chi connectivity index (χ3v) is 2.99. The summed E-state index contributed by atoms with van der Waals surface area (Å²) >= 11 is 5.63. The average molecular weight is 295 g/mol. The number of anilines is 1. The van der Waals surface area contributed by atoms with E-state index >= 15 is 0 Å². The number of halogens is 2. The summed E-state index contributed by atoms with van der Waals surface area (Å²) in [5.41, 5.74) is 0.151. The Morgan fingerprint density at radius 2 is 2.10 bits per heavy atom. The van der Waals surface area contributed by atoms with E-state index in [1.54, 1.807) is 0 Å². The molecule has 1 heterocycles. The molecule has 1 aromatic carbocycles. The maximum Gasteiger partial charge on any atom is 0.258 e. The van der Waals surface area contributed by atoms with Crippen LogP contribution < -0.4 is 10.9 Å². The third-order valence-electron chi connectivity index (χ3n) is 2.76. The number of aryl methyl sites for hydroxylation is 1. The molecule has 0 radical (unpaired) electrons. The molecule has 1 N–H and O–H groups in total. The van der Waals surface area contributed by atoms with Crippen LogP contribution in [0.3, 0.4) is 0 Å². The number of pyridine rings is 1. The first-order chi connectivity index (χ1) is 9.51. The van der Waals surface area contributed by atoms with Crippen molar-refractivity contribution >= 4 is 23.2 Å². The maximum atomic E-state index is 13.6. The van der Waals surface area contributed by atoms with Crippen LogP contribution in [0.2, 0.25) is 5.02 Å². The number of rotatable bonds is 3. The first kappa shape index (κ1) is 14.3. The smallest absolute Gasteiger partial charge is 0.258 e. The lowest BCUT2D eigenvalue weighted by atomic mass is 10.2. The molecule has 0 aliphatic heterocycles. The summed E-state index contributed by atoms with van der Waals surface area (Å²) in [6, 6.07) is 6.64. The second kappa shape index (κ2) is 5.88. The Bertz CT molecular complexity index is 713. The van der Waals surface area contributed by atoms with Crippen molar-refractivity contribution in [3.63, 3.8) is 0 Å². The highest BCUT2D eigenvalue weighted by molar-refractivity contribution is 6.30. The standard InChI is InChI=1S/C14H12ClFN2O2/c1-2-18-8-10(4-6-13(18)19)17-14(20)11-5-3-9(15)7-12(11)16/h3-8H,2H2,1H3,(H,17,20). The van der Waals surface area contributed by atoms with E-state index in [9.17, 15) is 14.0 Å². The topological polar surface area (TPSA) is 51.1 Å². The van der Waals surface area contributed by atoms with Gasteiger partial charge >= 0.3 is 0 Å². The van der Waals surface area contributed by atoms with Gasteiger partial charge in [0.25, 0.3) is 11.5 Å². The van der Waals surface area contributed by atoms with E-state index in [-0.39, 0.29) is 16.1 Å². The van der Waals surface area contributed by atoms with Gasteiger partial charge in [-0.05, 0) is 31.2 Å². The van der Waals surface area contributed by atoms with Gasteiger partial charge in [-0.2, -0.15) is 0 Å². The van der Waals surface area contributed by atoms with Crippen molar-refractivity contribution in [3.8, 4) is 0 Å². The minimum Gasteiger partial charge on any atom is -0.321 e. The van der Waals surface area contributed by atoms with Crippen molar-refractivity contribution < 1.29 is 9.18 Å². The molecule has 0 aliphatic carbocycles. The maximum absolute atomic E-state index is 13.6. The van der Waals surface area contributed by atoms with Gasteiger partial charge in [-0.25, -0.2) is 4.39 Å². The fraction of sp³-hybridized carbons (Fsp3) is 0.143. The summed E-state index contributed by atoms with van der Waals surface area (Å²) in [6.45, 7) is 2.30. The summed E-state index contributed by atoms with van der Waals surface area (Å²) < 4.78 is 15.1. The minimum absolute atomic E-state index is 0.108. The molecular formula is C14H12ClFN2O2. The summed E-state index contributed by atoms with van der Waals surface area (Å²) in [5, 5.41) is 2.76. The number of aromatic nitrogens is 1. The van der Waals surface area contributed by atoms with Gasteiger partial charge in [0.2, 0.25) is 0 Å². The monoisotopic (exact) mass is 294 g/mol. The number of nitrogens with zero attached hydrogens (tertiary/aromatic N) is 1. The molecule has 4 nitrogen and oxygen atoms in total. The lowest BCUT2D eigenvalue weighted by Gasteiger charge is -2.08. The third kappa shape index (κ3) is 3.05. The zero-order valence-electron chi connectivity index (χ0n) is 10.7. The number of benzene rings is 1. The summed E-state index contributed by atoms with van der Waals surface area (Å²) in [5.74, 6) is -1.29. The van der Waals surface area contributed by atoms with Gasteiger partial charge in [-0.3, -0.25) is 9.59 Å². The van der Waals surface area contributed by atoms with Gasteiger partial charge in [0.05, 0.1) is 11.3 Å². The van der Waals surface area contributed by atoms with Gasteiger partial charge < -0.3 is 9.88 Å². The molecular weight excluding hydrogens is 283 g/mol. The number of nitrogens with one attached hydrogen (secondary N) is 1. The molecule has 0 unspecified atom stereocenters. The molecule has 1 amide bonds. The molecule has 1 aromatic heterocycles. The summed E-state index contributed by atoms with van der Waals surface area (Å²) in [7, 11) is 0. The second-order valence-electron chi connectivity index (χ2n) is 4.12. The number of carbonyl (C=O) groups excluding carboxylic acids is 1. The molecule has 6 heteroatoms. The van der Waals surface area contributed by atoms with Gasteiger partial charge in [0, 0.05) is 23.8 Å². The molecule has 0 fully saturated rings. The highest BCUT2D eigenvalue weighted by atomic mass is 35.5. The molecule has 0 spiro atoms. The molecule has 0 saturated carbocycles. The Kier molecular flexibility index (Phi) is 4.20. The largest absolute Gasteiger partial charge is 0.321 e. The van der Waals surface area contributed by atoms with Gasteiger partial charge in [0.15, 0.2) is 0 Å². The van der Waals surface area contributed by atoms with Crippen molar-refractivity contribution in [1.82, 2.24) is 4.57 Å². The Morgan fingerprint density at radius 3 is 2.75 bits per heavy atom. The second-order valence-corrected chi connectivity index (χ2v) is 4.56. The fourth-order valence-electron chi connectivity index (χ4n) is 1.72. The molecule has 0 atom stereocenters. The molecule has 2 aromatic rings. The van der Waals surface area contributed by atoms with Crippen molar-refractivity contribution in [1.29, 1.82) is 0 Å². The van der Waals surface area contributed by atoms with E-state index in [0.29, 0.717) is 12.2 Å². The van der Waals surface area contributed by atoms with Crippen molar-refractivity contribution in [2.24, 2.45) is 0 Å². The van der Waals surface area contributed by atoms with Gasteiger partial charge in [-0.1, -0.05) is 11.6 Å².